The Hall–Kier alpha value is -2.36. The van der Waals surface area contributed by atoms with E-state index in [2.05, 4.69) is 15.6 Å². The van der Waals surface area contributed by atoms with Crippen molar-refractivity contribution in [3.8, 4) is 0 Å². The molecule has 9 heteroatoms. The molecule has 1 spiro atoms. The highest BCUT2D eigenvalue weighted by molar-refractivity contribution is 7.89. The lowest BCUT2D eigenvalue weighted by Gasteiger charge is -2.44. The third kappa shape index (κ3) is 4.23. The predicted molar refractivity (Wildman–Crippen MR) is 111 cm³/mol. The van der Waals surface area contributed by atoms with Crippen molar-refractivity contribution in [1.82, 2.24) is 14.9 Å². The molecule has 0 aromatic heterocycles. The topological polar surface area (TPSA) is 73.8 Å². The lowest BCUT2D eigenvalue weighted by Crippen LogP contribution is -2.64. The molecule has 1 fully saturated rings. The number of aliphatic imine (C=N–C) groups is 1. The van der Waals surface area contributed by atoms with E-state index in [1.54, 1.807) is 30.3 Å². The summed E-state index contributed by atoms with van der Waals surface area (Å²) in [6.45, 7) is 2.25. The van der Waals surface area contributed by atoms with Gasteiger partial charge in [0.2, 0.25) is 10.0 Å². The highest BCUT2D eigenvalue weighted by Gasteiger charge is 2.43. The van der Waals surface area contributed by atoms with Crippen molar-refractivity contribution in [2.24, 2.45) is 4.99 Å². The number of halogens is 2. The molecule has 2 aromatic rings. The summed E-state index contributed by atoms with van der Waals surface area (Å²) in [5, 5.41) is 6.72. The fourth-order valence-electron chi connectivity index (χ4n) is 4.09. The lowest BCUT2D eigenvalue weighted by molar-refractivity contribution is 0.241. The van der Waals surface area contributed by atoms with E-state index in [9.17, 15) is 17.2 Å². The van der Waals surface area contributed by atoms with Crippen LogP contribution in [0.15, 0.2) is 58.4 Å². The second-order valence-electron chi connectivity index (χ2n) is 7.59. The first-order chi connectivity index (χ1) is 14.4. The van der Waals surface area contributed by atoms with Gasteiger partial charge in [-0.25, -0.2) is 17.2 Å². The van der Waals surface area contributed by atoms with Crippen LogP contribution in [0.2, 0.25) is 0 Å². The Labute approximate surface area is 175 Å². The largest absolute Gasteiger partial charge is 0.368 e. The SMILES string of the molecule is O=S(=O)(c1ccccc1)N1CCC2(CC1)NCCN=C2NCc1cc(F)cc(F)c1. The minimum Gasteiger partial charge on any atom is -0.368 e. The Morgan fingerprint density at radius 2 is 1.73 bits per heavy atom. The Morgan fingerprint density at radius 3 is 2.40 bits per heavy atom. The van der Waals surface area contributed by atoms with Crippen LogP contribution < -0.4 is 10.6 Å². The van der Waals surface area contributed by atoms with E-state index in [-0.39, 0.29) is 11.4 Å². The standard InChI is InChI=1S/C21H24F2N4O2S/c22-17-12-16(13-18(23)14-17)15-25-20-21(26-9-8-24-20)6-10-27(11-7-21)30(28,29)19-4-2-1-3-5-19/h1-5,12-14,26H,6-11,15H2,(H,24,25). The monoisotopic (exact) mass is 434 g/mol. The van der Waals surface area contributed by atoms with Crippen LogP contribution in [-0.2, 0) is 16.6 Å². The molecule has 0 radical (unpaired) electrons. The van der Waals surface area contributed by atoms with E-state index in [1.165, 1.54) is 16.4 Å². The fraction of sp³-hybridized carbons (Fsp3) is 0.381. The molecule has 0 aliphatic carbocycles. The molecule has 0 bridgehead atoms. The van der Waals surface area contributed by atoms with Crippen molar-refractivity contribution in [3.63, 3.8) is 0 Å². The molecular weight excluding hydrogens is 410 g/mol. The highest BCUT2D eigenvalue weighted by atomic mass is 32.2. The number of nitrogens with one attached hydrogen (secondary N) is 2. The van der Waals surface area contributed by atoms with Gasteiger partial charge in [-0.1, -0.05) is 18.2 Å². The second kappa shape index (κ2) is 8.41. The van der Waals surface area contributed by atoms with Crippen LogP contribution >= 0.6 is 0 Å². The maximum absolute atomic E-state index is 13.5. The van der Waals surface area contributed by atoms with Crippen molar-refractivity contribution in [3.05, 3.63) is 65.7 Å². The van der Waals surface area contributed by atoms with Crippen LogP contribution in [0, 0.1) is 11.6 Å². The maximum atomic E-state index is 13.5. The smallest absolute Gasteiger partial charge is 0.243 e. The Balaban J connectivity index is 1.46. The van der Waals surface area contributed by atoms with Crippen LogP contribution in [0.3, 0.4) is 0 Å². The van der Waals surface area contributed by atoms with Crippen LogP contribution in [-0.4, -0.2) is 50.3 Å². The Morgan fingerprint density at radius 1 is 1.07 bits per heavy atom. The molecule has 30 heavy (non-hydrogen) atoms. The van der Waals surface area contributed by atoms with Gasteiger partial charge in [-0.05, 0) is 42.7 Å². The lowest BCUT2D eigenvalue weighted by atomic mass is 9.85. The van der Waals surface area contributed by atoms with Gasteiger partial charge < -0.3 is 10.6 Å². The average molecular weight is 435 g/mol. The summed E-state index contributed by atoms with van der Waals surface area (Å²) in [5.41, 5.74) is 0.0207. The zero-order chi connectivity index (χ0) is 21.2. The number of sulfonamides is 1. The van der Waals surface area contributed by atoms with E-state index in [0.717, 1.165) is 11.9 Å². The molecular formula is C21H24F2N4O2S. The summed E-state index contributed by atoms with van der Waals surface area (Å²) in [7, 11) is -3.54. The summed E-state index contributed by atoms with van der Waals surface area (Å²) in [5.74, 6) is -0.524. The zero-order valence-corrected chi connectivity index (χ0v) is 17.3. The summed E-state index contributed by atoms with van der Waals surface area (Å²) in [4.78, 5) is 4.89. The molecule has 2 N–H and O–H groups in total. The van der Waals surface area contributed by atoms with Crippen molar-refractivity contribution >= 4 is 15.9 Å². The Bertz CT molecular complexity index is 1020. The van der Waals surface area contributed by atoms with Gasteiger partial charge in [0.1, 0.15) is 17.5 Å². The van der Waals surface area contributed by atoms with Gasteiger partial charge in [0.05, 0.1) is 17.0 Å². The van der Waals surface area contributed by atoms with Crippen molar-refractivity contribution < 1.29 is 17.2 Å². The van der Waals surface area contributed by atoms with Crippen LogP contribution in [0.5, 0.6) is 0 Å². The van der Waals surface area contributed by atoms with Crippen molar-refractivity contribution in [2.75, 3.05) is 26.2 Å². The number of piperidine rings is 1. The number of benzene rings is 2. The molecule has 0 saturated carbocycles. The van der Waals surface area contributed by atoms with Gasteiger partial charge in [0, 0.05) is 32.2 Å². The van der Waals surface area contributed by atoms with Crippen LogP contribution in [0.4, 0.5) is 8.78 Å². The molecule has 2 aromatic carbocycles. The molecule has 4 rings (SSSR count). The number of amidine groups is 1. The first-order valence-electron chi connectivity index (χ1n) is 9.93. The first kappa shape index (κ1) is 20.9. The normalized spacial score (nSPS) is 19.5. The van der Waals surface area contributed by atoms with E-state index in [4.69, 9.17) is 0 Å². The minimum atomic E-state index is -3.54. The molecule has 160 valence electrons. The summed E-state index contributed by atoms with van der Waals surface area (Å²) in [6, 6.07) is 11.8. The summed E-state index contributed by atoms with van der Waals surface area (Å²) in [6.07, 6.45) is 1.12. The van der Waals surface area contributed by atoms with E-state index >= 15 is 0 Å². The van der Waals surface area contributed by atoms with Gasteiger partial charge in [-0.15, -0.1) is 0 Å². The fourth-order valence-corrected chi connectivity index (χ4v) is 5.55. The number of nitrogens with zero attached hydrogens (tertiary/aromatic N) is 2. The second-order valence-corrected chi connectivity index (χ2v) is 9.53. The van der Waals surface area contributed by atoms with E-state index < -0.39 is 27.2 Å². The molecule has 2 heterocycles. The predicted octanol–water partition coefficient (Wildman–Crippen LogP) is 2.28. The third-order valence-electron chi connectivity index (χ3n) is 5.64. The average Bonchev–Trinajstić information content (AvgIpc) is 2.73. The van der Waals surface area contributed by atoms with Gasteiger partial charge in [0.15, 0.2) is 0 Å². The van der Waals surface area contributed by atoms with Crippen LogP contribution in [0.25, 0.3) is 0 Å². The summed E-state index contributed by atoms with van der Waals surface area (Å²) < 4.78 is 54.2. The van der Waals surface area contributed by atoms with E-state index in [0.29, 0.717) is 44.6 Å². The maximum Gasteiger partial charge on any atom is 0.243 e. The number of hydrogen-bond acceptors (Lipinski definition) is 5. The molecule has 2 aliphatic rings. The quantitative estimate of drug-likeness (QED) is 0.775. The molecule has 1 saturated heterocycles. The van der Waals surface area contributed by atoms with Crippen molar-refractivity contribution in [2.45, 2.75) is 29.8 Å². The van der Waals surface area contributed by atoms with Gasteiger partial charge in [-0.2, -0.15) is 4.31 Å². The molecule has 6 nitrogen and oxygen atoms in total. The molecule has 0 atom stereocenters. The highest BCUT2D eigenvalue weighted by Crippen LogP contribution is 2.29. The van der Waals surface area contributed by atoms with Gasteiger partial charge >= 0.3 is 0 Å². The third-order valence-corrected chi connectivity index (χ3v) is 7.55. The number of hydrogen-bond donors (Lipinski definition) is 2. The van der Waals surface area contributed by atoms with E-state index in [1.807, 2.05) is 0 Å². The van der Waals surface area contributed by atoms with Crippen LogP contribution in [0.1, 0.15) is 18.4 Å². The minimum absolute atomic E-state index is 0.239. The molecule has 0 unspecified atom stereocenters. The number of rotatable bonds is 4. The summed E-state index contributed by atoms with van der Waals surface area (Å²) >= 11 is 0. The molecule has 2 aliphatic heterocycles. The molecule has 0 amide bonds. The van der Waals surface area contributed by atoms with Gasteiger partial charge in [-0.3, -0.25) is 4.99 Å². The van der Waals surface area contributed by atoms with Gasteiger partial charge in [0.25, 0.3) is 0 Å². The first-order valence-corrected chi connectivity index (χ1v) is 11.4. The Kier molecular flexibility index (Phi) is 5.86. The zero-order valence-electron chi connectivity index (χ0n) is 16.4. The van der Waals surface area contributed by atoms with Crippen molar-refractivity contribution in [1.29, 1.82) is 0 Å².